The molecule has 188 valence electrons. The molecule has 2 aromatic heterocycles. The van der Waals surface area contributed by atoms with Crippen LogP contribution >= 0.6 is 24.0 Å². The molecule has 2 atom stereocenters. The molecule has 2 aliphatic rings. The number of thiocarbonyl (C=S) groups is 1. The maximum atomic E-state index is 13.6. The van der Waals surface area contributed by atoms with Crippen LogP contribution < -0.4 is 10.5 Å². The number of fused-ring (bicyclic) bond motifs is 1. The van der Waals surface area contributed by atoms with Gasteiger partial charge in [0.2, 0.25) is 0 Å². The van der Waals surface area contributed by atoms with Gasteiger partial charge >= 0.3 is 0 Å². The van der Waals surface area contributed by atoms with Gasteiger partial charge in [-0.15, -0.1) is 0 Å². The topological polar surface area (TPSA) is 57.9 Å². The number of unbranched alkanes of at least 4 members (excludes halogenated alkanes) is 5. The second kappa shape index (κ2) is 11.7. The number of thioether (sulfide) groups is 1. The van der Waals surface area contributed by atoms with Crippen molar-refractivity contribution in [2.75, 3.05) is 24.5 Å². The Kier molecular flexibility index (Phi) is 8.65. The number of pyridine rings is 1. The number of carbonyl (C=O) groups is 1. The molecule has 0 spiro atoms. The lowest BCUT2D eigenvalue weighted by Crippen LogP contribution is -2.40. The fraction of sp³-hybridized carbons (Fsp3) is 0.556. The lowest BCUT2D eigenvalue weighted by Gasteiger charge is -2.36. The molecule has 0 bridgehead atoms. The molecule has 2 aliphatic heterocycles. The highest BCUT2D eigenvalue weighted by Gasteiger charge is 2.33. The van der Waals surface area contributed by atoms with Gasteiger partial charge in [0.15, 0.2) is 0 Å². The minimum absolute atomic E-state index is 0.0996. The van der Waals surface area contributed by atoms with Gasteiger partial charge in [-0.25, -0.2) is 4.98 Å². The normalized spacial score (nSPS) is 22.1. The van der Waals surface area contributed by atoms with Crippen molar-refractivity contribution in [3.63, 3.8) is 0 Å². The van der Waals surface area contributed by atoms with Crippen LogP contribution in [0.4, 0.5) is 5.82 Å². The summed E-state index contributed by atoms with van der Waals surface area (Å²) in [6, 6.07) is 5.57. The van der Waals surface area contributed by atoms with E-state index in [4.69, 9.17) is 17.2 Å². The molecule has 0 aliphatic carbocycles. The average Bonchev–Trinajstić information content (AvgIpc) is 3.09. The van der Waals surface area contributed by atoms with Gasteiger partial charge in [-0.3, -0.25) is 18.9 Å². The highest BCUT2D eigenvalue weighted by atomic mass is 32.2. The molecule has 0 saturated carbocycles. The Labute approximate surface area is 217 Å². The van der Waals surface area contributed by atoms with Crippen LogP contribution in [-0.4, -0.2) is 44.1 Å². The van der Waals surface area contributed by atoms with E-state index in [0.717, 1.165) is 32.4 Å². The van der Waals surface area contributed by atoms with E-state index in [1.807, 2.05) is 18.2 Å². The summed E-state index contributed by atoms with van der Waals surface area (Å²) in [7, 11) is 0. The number of nitrogens with zero attached hydrogens (tertiary/aromatic N) is 4. The summed E-state index contributed by atoms with van der Waals surface area (Å²) < 4.78 is 2.13. The zero-order valence-electron chi connectivity index (χ0n) is 21.0. The molecule has 1 amide bonds. The number of hydrogen-bond donors (Lipinski definition) is 0. The third kappa shape index (κ3) is 5.97. The summed E-state index contributed by atoms with van der Waals surface area (Å²) in [4.78, 5) is 36.2. The first kappa shape index (κ1) is 25.9. The summed E-state index contributed by atoms with van der Waals surface area (Å²) in [6.45, 7) is 9.02. The minimum Gasteiger partial charge on any atom is -0.355 e. The molecule has 35 heavy (non-hydrogen) atoms. The van der Waals surface area contributed by atoms with E-state index >= 15 is 0 Å². The van der Waals surface area contributed by atoms with Gasteiger partial charge in [0.05, 0.1) is 10.5 Å². The predicted molar refractivity (Wildman–Crippen MR) is 150 cm³/mol. The van der Waals surface area contributed by atoms with Crippen molar-refractivity contribution >= 4 is 51.7 Å². The fourth-order valence-electron chi connectivity index (χ4n) is 5.17. The Morgan fingerprint density at radius 1 is 1.09 bits per heavy atom. The molecular weight excluding hydrogens is 476 g/mol. The van der Waals surface area contributed by atoms with Crippen LogP contribution in [0.3, 0.4) is 0 Å². The van der Waals surface area contributed by atoms with Crippen molar-refractivity contribution in [3.05, 3.63) is 45.2 Å². The summed E-state index contributed by atoms with van der Waals surface area (Å²) >= 11 is 6.84. The summed E-state index contributed by atoms with van der Waals surface area (Å²) in [5.41, 5.74) is 0.930. The average molecular weight is 513 g/mol. The van der Waals surface area contributed by atoms with E-state index in [0.29, 0.717) is 44.6 Å². The molecule has 2 saturated heterocycles. The molecule has 0 unspecified atom stereocenters. The van der Waals surface area contributed by atoms with E-state index in [1.165, 1.54) is 37.4 Å². The molecule has 8 heteroatoms. The van der Waals surface area contributed by atoms with Crippen LogP contribution in [0.5, 0.6) is 0 Å². The van der Waals surface area contributed by atoms with Gasteiger partial charge in [-0.1, -0.05) is 82.9 Å². The molecule has 4 heterocycles. The Morgan fingerprint density at radius 3 is 2.54 bits per heavy atom. The standard InChI is InChI=1S/C27H36N4O2S2/c1-4-5-6-7-8-10-14-31-26(33)22(35-27(31)34)16-21-24(29-17-19(2)15-20(3)18-29)28-23-12-9-11-13-30(23)25(21)32/h9,11-13,16,19-20H,4-8,10,14-15,17-18H2,1-3H3/b22-16-/t19-,20-/m1/s1. The number of piperidine rings is 1. The van der Waals surface area contributed by atoms with Crippen LogP contribution in [0.2, 0.25) is 0 Å². The molecule has 0 radical (unpaired) electrons. The lowest BCUT2D eigenvalue weighted by atomic mass is 9.91. The predicted octanol–water partition coefficient (Wildman–Crippen LogP) is 5.74. The fourth-order valence-corrected chi connectivity index (χ4v) is 6.46. The van der Waals surface area contributed by atoms with Crippen molar-refractivity contribution in [1.29, 1.82) is 0 Å². The van der Waals surface area contributed by atoms with Crippen LogP contribution in [-0.2, 0) is 4.79 Å². The van der Waals surface area contributed by atoms with E-state index in [1.54, 1.807) is 21.6 Å². The van der Waals surface area contributed by atoms with Crippen LogP contribution in [0.15, 0.2) is 34.1 Å². The molecule has 4 rings (SSSR count). The van der Waals surface area contributed by atoms with Gasteiger partial charge in [0, 0.05) is 25.8 Å². The molecule has 6 nitrogen and oxygen atoms in total. The van der Waals surface area contributed by atoms with Gasteiger partial charge < -0.3 is 4.90 Å². The van der Waals surface area contributed by atoms with Crippen molar-refractivity contribution in [2.24, 2.45) is 11.8 Å². The number of anilines is 1. The second-order valence-electron chi connectivity index (χ2n) is 10.0. The highest BCUT2D eigenvalue weighted by molar-refractivity contribution is 8.26. The zero-order chi connectivity index (χ0) is 24.9. The number of rotatable bonds is 9. The molecule has 2 aromatic rings. The first-order valence-electron chi connectivity index (χ1n) is 12.9. The van der Waals surface area contributed by atoms with Gasteiger partial charge in [-0.2, -0.15) is 0 Å². The third-order valence-corrected chi connectivity index (χ3v) is 8.18. The van der Waals surface area contributed by atoms with Crippen LogP contribution in [0.1, 0.15) is 71.3 Å². The van der Waals surface area contributed by atoms with Crippen molar-refractivity contribution in [3.8, 4) is 0 Å². The van der Waals surface area contributed by atoms with Crippen molar-refractivity contribution < 1.29 is 4.79 Å². The molecule has 0 aromatic carbocycles. The van der Waals surface area contributed by atoms with E-state index in [-0.39, 0.29) is 11.5 Å². The number of carbonyl (C=O) groups excluding carboxylic acids is 1. The molecule has 0 N–H and O–H groups in total. The van der Waals surface area contributed by atoms with E-state index in [2.05, 4.69) is 25.7 Å². The highest BCUT2D eigenvalue weighted by Crippen LogP contribution is 2.34. The second-order valence-corrected chi connectivity index (χ2v) is 11.7. The smallest absolute Gasteiger partial charge is 0.267 e. The third-order valence-electron chi connectivity index (χ3n) is 6.80. The summed E-state index contributed by atoms with van der Waals surface area (Å²) in [5.74, 6) is 1.59. The number of aromatic nitrogens is 2. The van der Waals surface area contributed by atoms with Crippen LogP contribution in [0, 0.1) is 11.8 Å². The maximum absolute atomic E-state index is 13.6. The Bertz CT molecular complexity index is 1170. The van der Waals surface area contributed by atoms with Crippen molar-refractivity contribution in [1.82, 2.24) is 14.3 Å². The van der Waals surface area contributed by atoms with Gasteiger partial charge in [0.1, 0.15) is 15.8 Å². The maximum Gasteiger partial charge on any atom is 0.267 e. The van der Waals surface area contributed by atoms with Gasteiger partial charge in [0.25, 0.3) is 11.5 Å². The SMILES string of the molecule is CCCCCCCCN1C(=O)/C(=C/c2c(N3C[C@H](C)C[C@@H](C)C3)nc3ccccn3c2=O)SC1=S. The number of amides is 1. The molecule has 2 fully saturated rings. The lowest BCUT2D eigenvalue weighted by molar-refractivity contribution is -0.122. The largest absolute Gasteiger partial charge is 0.355 e. The molecular formula is C27H36N4O2S2. The van der Waals surface area contributed by atoms with E-state index in [9.17, 15) is 9.59 Å². The minimum atomic E-state index is -0.155. The Hall–Kier alpha value is -2.19. The summed E-state index contributed by atoms with van der Waals surface area (Å²) in [5, 5.41) is 0. The summed E-state index contributed by atoms with van der Waals surface area (Å²) in [6.07, 6.45) is 11.6. The zero-order valence-corrected chi connectivity index (χ0v) is 22.7. The Balaban J connectivity index is 1.63. The number of hydrogen-bond acceptors (Lipinski definition) is 6. The van der Waals surface area contributed by atoms with E-state index < -0.39 is 0 Å². The Morgan fingerprint density at radius 2 is 1.80 bits per heavy atom. The monoisotopic (exact) mass is 512 g/mol. The van der Waals surface area contributed by atoms with Gasteiger partial charge in [-0.05, 0) is 42.9 Å². The quantitative estimate of drug-likeness (QED) is 0.243. The van der Waals surface area contributed by atoms with Crippen LogP contribution in [0.25, 0.3) is 11.7 Å². The first-order valence-corrected chi connectivity index (χ1v) is 14.1. The first-order chi connectivity index (χ1) is 16.9. The van der Waals surface area contributed by atoms with Crippen molar-refractivity contribution in [2.45, 2.75) is 65.7 Å².